The standard InChI is InChI=1S/C26H25Cl2N3O2S2/c1-5-6-21-16(4)23-24(35-21)30-26(31(25(23)33)20-8-7-14(2)15(3)9-20)34-13-22(32)29-19-11-17(27)10-18(28)12-19/h7-12H,5-6,13H2,1-4H3,(H,29,32). The van der Waals surface area contributed by atoms with E-state index in [1.165, 1.54) is 16.6 Å². The Morgan fingerprint density at radius 2 is 1.80 bits per heavy atom. The van der Waals surface area contributed by atoms with Gasteiger partial charge in [-0.3, -0.25) is 14.2 Å². The van der Waals surface area contributed by atoms with E-state index in [0.717, 1.165) is 35.2 Å². The third-order valence-electron chi connectivity index (χ3n) is 5.74. The van der Waals surface area contributed by atoms with E-state index in [1.54, 1.807) is 34.1 Å². The minimum absolute atomic E-state index is 0.0685. The summed E-state index contributed by atoms with van der Waals surface area (Å²) in [5, 5.41) is 4.82. The van der Waals surface area contributed by atoms with Crippen LogP contribution in [0.25, 0.3) is 15.9 Å². The number of carbonyl (C=O) groups is 1. The topological polar surface area (TPSA) is 64.0 Å². The molecule has 0 aliphatic heterocycles. The Balaban J connectivity index is 1.74. The van der Waals surface area contributed by atoms with Crippen molar-refractivity contribution in [3.8, 4) is 5.69 Å². The van der Waals surface area contributed by atoms with Crippen LogP contribution in [-0.4, -0.2) is 21.2 Å². The zero-order valence-corrected chi connectivity index (χ0v) is 23.0. The second-order valence-electron chi connectivity index (χ2n) is 8.38. The smallest absolute Gasteiger partial charge is 0.267 e. The van der Waals surface area contributed by atoms with Crippen LogP contribution in [-0.2, 0) is 11.2 Å². The lowest BCUT2D eigenvalue weighted by Gasteiger charge is -2.14. The number of rotatable bonds is 7. The summed E-state index contributed by atoms with van der Waals surface area (Å²) in [6.07, 6.45) is 1.90. The van der Waals surface area contributed by atoms with E-state index in [9.17, 15) is 9.59 Å². The fourth-order valence-corrected chi connectivity index (χ4v) is 6.48. The van der Waals surface area contributed by atoms with Crippen molar-refractivity contribution in [2.75, 3.05) is 11.1 Å². The summed E-state index contributed by atoms with van der Waals surface area (Å²) < 4.78 is 1.62. The van der Waals surface area contributed by atoms with Crippen molar-refractivity contribution in [1.29, 1.82) is 0 Å². The predicted octanol–water partition coefficient (Wildman–Crippen LogP) is 7.36. The fourth-order valence-electron chi connectivity index (χ4n) is 3.82. The van der Waals surface area contributed by atoms with Gasteiger partial charge in [-0.25, -0.2) is 4.98 Å². The number of nitrogens with zero attached hydrogens (tertiary/aromatic N) is 2. The highest BCUT2D eigenvalue weighted by Gasteiger charge is 2.20. The lowest BCUT2D eigenvalue weighted by molar-refractivity contribution is -0.113. The van der Waals surface area contributed by atoms with Gasteiger partial charge in [0.2, 0.25) is 5.91 Å². The monoisotopic (exact) mass is 545 g/mol. The van der Waals surface area contributed by atoms with Crippen LogP contribution in [0.5, 0.6) is 0 Å². The molecule has 0 unspecified atom stereocenters. The van der Waals surface area contributed by atoms with Gasteiger partial charge in [-0.15, -0.1) is 11.3 Å². The van der Waals surface area contributed by atoms with Crippen molar-refractivity contribution in [1.82, 2.24) is 9.55 Å². The van der Waals surface area contributed by atoms with Crippen LogP contribution in [0, 0.1) is 20.8 Å². The van der Waals surface area contributed by atoms with E-state index >= 15 is 0 Å². The van der Waals surface area contributed by atoms with Crippen LogP contribution < -0.4 is 10.9 Å². The van der Waals surface area contributed by atoms with Gasteiger partial charge in [0.25, 0.3) is 5.56 Å². The number of aromatic nitrogens is 2. The van der Waals surface area contributed by atoms with Crippen molar-refractivity contribution in [3.63, 3.8) is 0 Å². The Morgan fingerprint density at radius 1 is 1.09 bits per heavy atom. The molecule has 4 aromatic rings. The number of fused-ring (bicyclic) bond motifs is 1. The van der Waals surface area contributed by atoms with Crippen molar-refractivity contribution >= 4 is 68.1 Å². The molecule has 0 atom stereocenters. The van der Waals surface area contributed by atoms with Crippen molar-refractivity contribution in [3.05, 3.63) is 78.4 Å². The zero-order chi connectivity index (χ0) is 25.3. The molecule has 1 N–H and O–H groups in total. The molecule has 0 aliphatic rings. The molecule has 0 aliphatic carbocycles. The van der Waals surface area contributed by atoms with Gasteiger partial charge in [-0.05, 0) is 74.2 Å². The number of benzene rings is 2. The molecule has 2 aromatic carbocycles. The third kappa shape index (κ3) is 5.59. The van der Waals surface area contributed by atoms with Gasteiger partial charge in [0.05, 0.1) is 16.8 Å². The van der Waals surface area contributed by atoms with E-state index < -0.39 is 0 Å². The Kier molecular flexibility index (Phi) is 7.91. The van der Waals surface area contributed by atoms with Crippen LogP contribution in [0.1, 0.15) is 34.9 Å². The van der Waals surface area contributed by atoms with Crippen LogP contribution in [0.15, 0.2) is 46.3 Å². The van der Waals surface area contributed by atoms with Gasteiger partial charge < -0.3 is 5.32 Å². The number of nitrogens with one attached hydrogen (secondary N) is 1. The average Bonchev–Trinajstić information content (AvgIpc) is 3.09. The Hall–Kier alpha value is -2.32. The summed E-state index contributed by atoms with van der Waals surface area (Å²) in [5.74, 6) is -0.178. The molecule has 0 fully saturated rings. The Morgan fingerprint density at radius 3 is 2.46 bits per heavy atom. The number of thioether (sulfide) groups is 1. The number of aryl methyl sites for hydroxylation is 4. The first kappa shape index (κ1) is 25.8. The molecule has 182 valence electrons. The zero-order valence-electron chi connectivity index (χ0n) is 19.9. The van der Waals surface area contributed by atoms with E-state index in [-0.39, 0.29) is 17.2 Å². The maximum absolute atomic E-state index is 13.8. The number of carbonyl (C=O) groups excluding carboxylic acids is 1. The first-order valence-electron chi connectivity index (χ1n) is 11.2. The average molecular weight is 547 g/mol. The summed E-state index contributed by atoms with van der Waals surface area (Å²) in [5.41, 5.74) is 4.35. The molecule has 0 spiro atoms. The first-order chi connectivity index (χ1) is 16.7. The van der Waals surface area contributed by atoms with E-state index in [4.69, 9.17) is 28.2 Å². The molecule has 35 heavy (non-hydrogen) atoms. The van der Waals surface area contributed by atoms with Crippen LogP contribution in [0.2, 0.25) is 10.0 Å². The molecular formula is C26H25Cl2N3O2S2. The van der Waals surface area contributed by atoms with Crippen molar-refractivity contribution in [2.45, 2.75) is 45.7 Å². The highest BCUT2D eigenvalue weighted by molar-refractivity contribution is 7.99. The second kappa shape index (κ2) is 10.7. The summed E-state index contributed by atoms with van der Waals surface area (Å²) in [6.45, 7) is 8.17. The van der Waals surface area contributed by atoms with Crippen LogP contribution in [0.3, 0.4) is 0 Å². The molecule has 1 amide bonds. The maximum Gasteiger partial charge on any atom is 0.267 e. The maximum atomic E-state index is 13.8. The van der Waals surface area contributed by atoms with Gasteiger partial charge in [0, 0.05) is 20.6 Å². The van der Waals surface area contributed by atoms with Crippen molar-refractivity contribution < 1.29 is 4.79 Å². The summed E-state index contributed by atoms with van der Waals surface area (Å²) in [6, 6.07) is 10.8. The van der Waals surface area contributed by atoms with Gasteiger partial charge >= 0.3 is 0 Å². The lowest BCUT2D eigenvalue weighted by atomic mass is 10.1. The van der Waals surface area contributed by atoms with E-state index in [2.05, 4.69) is 12.2 Å². The lowest BCUT2D eigenvalue weighted by Crippen LogP contribution is -2.23. The third-order valence-corrected chi connectivity index (χ3v) is 8.36. The number of hydrogen-bond acceptors (Lipinski definition) is 5. The van der Waals surface area contributed by atoms with Crippen molar-refractivity contribution in [2.24, 2.45) is 0 Å². The molecular weight excluding hydrogens is 521 g/mol. The normalized spacial score (nSPS) is 11.3. The molecule has 0 radical (unpaired) electrons. The molecule has 2 aromatic heterocycles. The summed E-state index contributed by atoms with van der Waals surface area (Å²) in [7, 11) is 0. The SMILES string of the molecule is CCCc1sc2nc(SCC(=O)Nc3cc(Cl)cc(Cl)c3)n(-c3ccc(C)c(C)c3)c(=O)c2c1C. The van der Waals surface area contributed by atoms with Gasteiger partial charge in [0.1, 0.15) is 4.83 Å². The quantitative estimate of drug-likeness (QED) is 0.194. The summed E-state index contributed by atoms with van der Waals surface area (Å²) >= 11 is 14.9. The molecule has 9 heteroatoms. The fraction of sp³-hybridized carbons (Fsp3) is 0.269. The molecule has 0 bridgehead atoms. The summed E-state index contributed by atoms with van der Waals surface area (Å²) in [4.78, 5) is 33.2. The highest BCUT2D eigenvalue weighted by Crippen LogP contribution is 2.31. The van der Waals surface area contributed by atoms with Gasteiger partial charge in [-0.2, -0.15) is 0 Å². The first-order valence-corrected chi connectivity index (χ1v) is 13.7. The molecule has 0 saturated carbocycles. The van der Waals surface area contributed by atoms with E-state index in [1.807, 2.05) is 39.0 Å². The predicted molar refractivity (Wildman–Crippen MR) is 149 cm³/mol. The Labute approximate surface area is 222 Å². The number of halogens is 2. The van der Waals surface area contributed by atoms with E-state index in [0.29, 0.717) is 31.1 Å². The van der Waals surface area contributed by atoms with Crippen LogP contribution >= 0.6 is 46.3 Å². The number of hydrogen-bond donors (Lipinski definition) is 1. The molecule has 0 saturated heterocycles. The number of amides is 1. The Bertz CT molecular complexity index is 1470. The largest absolute Gasteiger partial charge is 0.325 e. The second-order valence-corrected chi connectivity index (χ2v) is 11.3. The van der Waals surface area contributed by atoms with Gasteiger partial charge in [-0.1, -0.05) is 54.4 Å². The highest BCUT2D eigenvalue weighted by atomic mass is 35.5. The molecule has 2 heterocycles. The van der Waals surface area contributed by atoms with Crippen LogP contribution in [0.4, 0.5) is 5.69 Å². The van der Waals surface area contributed by atoms with Gasteiger partial charge in [0.15, 0.2) is 5.16 Å². The minimum atomic E-state index is -0.247. The number of thiophene rings is 1. The molecule has 5 nitrogen and oxygen atoms in total. The number of anilines is 1. The molecule has 4 rings (SSSR count). The minimum Gasteiger partial charge on any atom is -0.325 e.